The average Bonchev–Trinajstić information content (AvgIpc) is 2.80. The third kappa shape index (κ3) is 2.91. The Balaban J connectivity index is 1.76. The summed E-state index contributed by atoms with van der Waals surface area (Å²) in [6.07, 6.45) is 1.80. The van der Waals surface area contributed by atoms with Crippen LogP contribution in [0.3, 0.4) is 0 Å². The summed E-state index contributed by atoms with van der Waals surface area (Å²) in [5, 5.41) is 1.49. The van der Waals surface area contributed by atoms with Crippen molar-refractivity contribution in [2.24, 2.45) is 0 Å². The molecule has 1 N–H and O–H groups in total. The minimum atomic E-state index is 0.723. The van der Waals surface area contributed by atoms with E-state index in [2.05, 4.69) is 9.97 Å². The first-order valence-electron chi connectivity index (χ1n) is 6.09. The van der Waals surface area contributed by atoms with Gasteiger partial charge >= 0.3 is 0 Å². The number of aromatic amines is 1. The first-order chi connectivity index (χ1) is 9.20. The van der Waals surface area contributed by atoms with E-state index in [4.69, 9.17) is 23.2 Å². The van der Waals surface area contributed by atoms with E-state index in [-0.39, 0.29) is 0 Å². The molecule has 4 heteroatoms. The molecule has 2 aromatic carbocycles. The summed E-state index contributed by atoms with van der Waals surface area (Å²) in [7, 11) is 0. The molecule has 0 unspecified atom stereocenters. The minimum absolute atomic E-state index is 0.723. The van der Waals surface area contributed by atoms with Gasteiger partial charge in [-0.2, -0.15) is 0 Å². The molecule has 0 atom stereocenters. The number of nitrogens with one attached hydrogen (secondary N) is 1. The van der Waals surface area contributed by atoms with Crippen molar-refractivity contribution in [3.8, 4) is 0 Å². The van der Waals surface area contributed by atoms with Crippen LogP contribution in [0.2, 0.25) is 10.0 Å². The van der Waals surface area contributed by atoms with Crippen molar-refractivity contribution in [1.82, 2.24) is 9.97 Å². The molecule has 96 valence electrons. The smallest absolute Gasteiger partial charge is 0.107 e. The molecule has 0 aliphatic rings. The lowest BCUT2D eigenvalue weighted by Crippen LogP contribution is -1.93. The summed E-state index contributed by atoms with van der Waals surface area (Å²) in [6.45, 7) is 0. The zero-order chi connectivity index (χ0) is 13.2. The molecule has 0 fully saturated rings. The number of aromatic nitrogens is 2. The van der Waals surface area contributed by atoms with Gasteiger partial charge in [0.25, 0.3) is 0 Å². The van der Waals surface area contributed by atoms with Crippen LogP contribution in [0.1, 0.15) is 11.4 Å². The predicted molar refractivity (Wildman–Crippen MR) is 80.0 cm³/mol. The molecule has 1 aromatic heterocycles. The maximum atomic E-state index is 5.96. The van der Waals surface area contributed by atoms with E-state index in [0.717, 1.165) is 39.7 Å². The maximum absolute atomic E-state index is 5.96. The van der Waals surface area contributed by atoms with Crippen LogP contribution in [-0.4, -0.2) is 9.97 Å². The molecule has 0 radical (unpaired) electrons. The second kappa shape index (κ2) is 5.24. The molecular formula is C15H12Cl2N2. The molecule has 0 saturated carbocycles. The summed E-state index contributed by atoms with van der Waals surface area (Å²) in [5.41, 5.74) is 3.19. The SMILES string of the molecule is Clc1ccc(CCc2nc3ccc(Cl)cc3[nH]2)cc1. The molecule has 3 aromatic rings. The molecule has 3 rings (SSSR count). The van der Waals surface area contributed by atoms with Crippen LogP contribution in [0.5, 0.6) is 0 Å². The lowest BCUT2D eigenvalue weighted by Gasteiger charge is -1.99. The predicted octanol–water partition coefficient (Wildman–Crippen LogP) is 4.65. The molecule has 0 aliphatic heterocycles. The summed E-state index contributed by atoms with van der Waals surface area (Å²) >= 11 is 11.8. The Morgan fingerprint density at radius 3 is 2.42 bits per heavy atom. The number of aryl methyl sites for hydroxylation is 2. The number of rotatable bonds is 3. The van der Waals surface area contributed by atoms with Gasteiger partial charge in [0.05, 0.1) is 11.0 Å². The Hall–Kier alpha value is -1.51. The van der Waals surface area contributed by atoms with Gasteiger partial charge < -0.3 is 4.98 Å². The van der Waals surface area contributed by atoms with Crippen molar-refractivity contribution in [2.45, 2.75) is 12.8 Å². The molecule has 0 amide bonds. The quantitative estimate of drug-likeness (QED) is 0.747. The van der Waals surface area contributed by atoms with Gasteiger partial charge in [0.2, 0.25) is 0 Å². The molecular weight excluding hydrogens is 279 g/mol. The van der Waals surface area contributed by atoms with Crippen molar-refractivity contribution < 1.29 is 0 Å². The van der Waals surface area contributed by atoms with E-state index in [1.165, 1.54) is 5.56 Å². The monoisotopic (exact) mass is 290 g/mol. The van der Waals surface area contributed by atoms with Crippen LogP contribution in [0.4, 0.5) is 0 Å². The number of imidazole rings is 1. The molecule has 2 nitrogen and oxygen atoms in total. The Bertz CT molecular complexity index is 702. The largest absolute Gasteiger partial charge is 0.342 e. The van der Waals surface area contributed by atoms with Crippen LogP contribution < -0.4 is 0 Å². The first-order valence-corrected chi connectivity index (χ1v) is 6.85. The van der Waals surface area contributed by atoms with Crippen molar-refractivity contribution >= 4 is 34.2 Å². The number of hydrogen-bond donors (Lipinski definition) is 1. The summed E-state index contributed by atoms with van der Waals surface area (Å²) in [5.74, 6) is 0.979. The van der Waals surface area contributed by atoms with Gasteiger partial charge in [-0.25, -0.2) is 4.98 Å². The lowest BCUT2D eigenvalue weighted by molar-refractivity contribution is 0.890. The average molecular weight is 291 g/mol. The zero-order valence-corrected chi connectivity index (χ0v) is 11.7. The second-order valence-corrected chi connectivity index (χ2v) is 5.34. The molecule has 0 bridgehead atoms. The van der Waals surface area contributed by atoms with Gasteiger partial charge in [0.1, 0.15) is 5.82 Å². The second-order valence-electron chi connectivity index (χ2n) is 4.47. The summed E-state index contributed by atoms with van der Waals surface area (Å²) < 4.78 is 0. The van der Waals surface area contributed by atoms with Gasteiger partial charge in [-0.05, 0) is 42.3 Å². The molecule has 0 saturated heterocycles. The topological polar surface area (TPSA) is 28.7 Å². The van der Waals surface area contributed by atoms with Crippen molar-refractivity contribution in [1.29, 1.82) is 0 Å². The first kappa shape index (κ1) is 12.5. The highest BCUT2D eigenvalue weighted by Gasteiger charge is 2.03. The standard InChI is InChI=1S/C15H12Cl2N2/c16-11-4-1-10(2-5-11)3-8-15-18-13-7-6-12(17)9-14(13)19-15/h1-2,4-7,9H,3,8H2,(H,18,19). The molecule has 19 heavy (non-hydrogen) atoms. The fourth-order valence-electron chi connectivity index (χ4n) is 2.07. The zero-order valence-electron chi connectivity index (χ0n) is 10.2. The van der Waals surface area contributed by atoms with Crippen molar-refractivity contribution in [2.75, 3.05) is 0 Å². The number of H-pyrrole nitrogens is 1. The third-order valence-corrected chi connectivity index (χ3v) is 3.54. The maximum Gasteiger partial charge on any atom is 0.107 e. The number of fused-ring (bicyclic) bond motifs is 1. The minimum Gasteiger partial charge on any atom is -0.342 e. The summed E-state index contributed by atoms with van der Waals surface area (Å²) in [4.78, 5) is 7.84. The molecule has 0 spiro atoms. The van der Waals surface area contributed by atoms with E-state index in [1.54, 1.807) is 0 Å². The normalized spacial score (nSPS) is 11.1. The highest BCUT2D eigenvalue weighted by Crippen LogP contribution is 2.18. The van der Waals surface area contributed by atoms with E-state index < -0.39 is 0 Å². The van der Waals surface area contributed by atoms with Gasteiger partial charge in [-0.15, -0.1) is 0 Å². The number of benzene rings is 2. The molecule has 1 heterocycles. The number of hydrogen-bond acceptors (Lipinski definition) is 1. The van der Waals surface area contributed by atoms with E-state index in [0.29, 0.717) is 0 Å². The van der Waals surface area contributed by atoms with Gasteiger partial charge in [-0.3, -0.25) is 0 Å². The highest BCUT2D eigenvalue weighted by atomic mass is 35.5. The number of nitrogens with zero attached hydrogens (tertiary/aromatic N) is 1. The third-order valence-electron chi connectivity index (χ3n) is 3.06. The van der Waals surface area contributed by atoms with Gasteiger partial charge in [0.15, 0.2) is 0 Å². The van der Waals surface area contributed by atoms with Crippen LogP contribution >= 0.6 is 23.2 Å². The van der Waals surface area contributed by atoms with Crippen molar-refractivity contribution in [3.63, 3.8) is 0 Å². The Morgan fingerprint density at radius 1 is 0.895 bits per heavy atom. The number of halogens is 2. The summed E-state index contributed by atoms with van der Waals surface area (Å²) in [6, 6.07) is 13.6. The van der Waals surface area contributed by atoms with Crippen LogP contribution in [0.15, 0.2) is 42.5 Å². The van der Waals surface area contributed by atoms with E-state index in [9.17, 15) is 0 Å². The molecule has 0 aliphatic carbocycles. The van der Waals surface area contributed by atoms with Gasteiger partial charge in [0, 0.05) is 16.5 Å². The Labute approximate surface area is 121 Å². The van der Waals surface area contributed by atoms with E-state index >= 15 is 0 Å². The van der Waals surface area contributed by atoms with Crippen LogP contribution in [0.25, 0.3) is 11.0 Å². The fourth-order valence-corrected chi connectivity index (χ4v) is 2.36. The van der Waals surface area contributed by atoms with Crippen molar-refractivity contribution in [3.05, 3.63) is 63.9 Å². The Morgan fingerprint density at radius 2 is 1.63 bits per heavy atom. The van der Waals surface area contributed by atoms with Gasteiger partial charge in [-0.1, -0.05) is 35.3 Å². The highest BCUT2D eigenvalue weighted by molar-refractivity contribution is 6.31. The fraction of sp³-hybridized carbons (Fsp3) is 0.133. The van der Waals surface area contributed by atoms with Crippen LogP contribution in [0, 0.1) is 0 Å². The van der Waals surface area contributed by atoms with Crippen LogP contribution in [-0.2, 0) is 12.8 Å². The van der Waals surface area contributed by atoms with E-state index in [1.807, 2.05) is 42.5 Å². The Kier molecular flexibility index (Phi) is 3.45. The lowest BCUT2D eigenvalue weighted by atomic mass is 10.1.